The number of ether oxygens (including phenoxy) is 4. The highest BCUT2D eigenvalue weighted by Gasteiger charge is 2.17. The Kier molecular flexibility index (Phi) is 5.74. The fourth-order valence-electron chi connectivity index (χ4n) is 1.62. The smallest absolute Gasteiger partial charge is 0.203 e. The van der Waals surface area contributed by atoms with Crippen LogP contribution in [0.4, 0.5) is 0 Å². The number of hydrogen-bond donors (Lipinski definition) is 1. The van der Waals surface area contributed by atoms with Gasteiger partial charge in [-0.05, 0) is 24.6 Å². The number of rotatable bonds is 7. The third-order valence-corrected chi connectivity index (χ3v) is 2.55. The van der Waals surface area contributed by atoms with Crippen molar-refractivity contribution in [3.05, 3.63) is 17.7 Å². The van der Waals surface area contributed by atoms with Gasteiger partial charge < -0.3 is 24.1 Å². The van der Waals surface area contributed by atoms with Crippen LogP contribution in [-0.2, 0) is 4.74 Å². The van der Waals surface area contributed by atoms with Crippen LogP contribution in [-0.4, -0.2) is 39.6 Å². The minimum Gasteiger partial charge on any atom is -0.493 e. The normalized spacial score (nSPS) is 12.1. The van der Waals surface area contributed by atoms with Crippen molar-refractivity contribution in [2.45, 2.75) is 13.0 Å². The first kappa shape index (κ1) is 14.6. The van der Waals surface area contributed by atoms with E-state index in [1.54, 1.807) is 12.1 Å². The van der Waals surface area contributed by atoms with Gasteiger partial charge >= 0.3 is 0 Å². The first-order valence-electron chi connectivity index (χ1n) is 5.73. The molecule has 0 saturated carbocycles. The monoisotopic (exact) mass is 256 g/mol. The van der Waals surface area contributed by atoms with E-state index in [1.807, 2.05) is 6.92 Å². The van der Waals surface area contributed by atoms with Gasteiger partial charge in [0, 0.05) is 6.61 Å². The van der Waals surface area contributed by atoms with Gasteiger partial charge in [0.1, 0.15) is 6.10 Å². The highest BCUT2D eigenvalue weighted by Crippen LogP contribution is 2.39. The van der Waals surface area contributed by atoms with Gasteiger partial charge in [0.15, 0.2) is 11.5 Å². The van der Waals surface area contributed by atoms with E-state index in [1.165, 1.54) is 21.3 Å². The van der Waals surface area contributed by atoms with Crippen LogP contribution in [0.15, 0.2) is 12.1 Å². The molecule has 0 aliphatic rings. The third-order valence-electron chi connectivity index (χ3n) is 2.55. The molecule has 1 rings (SSSR count). The zero-order valence-electron chi connectivity index (χ0n) is 11.2. The summed E-state index contributed by atoms with van der Waals surface area (Å²) in [6, 6.07) is 3.43. The van der Waals surface area contributed by atoms with Gasteiger partial charge in [-0.25, -0.2) is 0 Å². The van der Waals surface area contributed by atoms with Crippen molar-refractivity contribution in [1.82, 2.24) is 0 Å². The standard InChI is InChI=1S/C13H20O5/c1-5-18-8-10(14)9-6-11(15-2)13(17-4)12(7-9)16-3/h6-7,10,14H,5,8H2,1-4H3. The molecule has 102 valence electrons. The van der Waals surface area contributed by atoms with Crippen LogP contribution < -0.4 is 14.2 Å². The maximum atomic E-state index is 9.98. The summed E-state index contributed by atoms with van der Waals surface area (Å²) in [5.41, 5.74) is 0.665. The minimum absolute atomic E-state index is 0.231. The lowest BCUT2D eigenvalue weighted by Gasteiger charge is -2.17. The van der Waals surface area contributed by atoms with E-state index in [0.717, 1.165) is 0 Å². The summed E-state index contributed by atoms with van der Waals surface area (Å²) < 4.78 is 20.8. The maximum Gasteiger partial charge on any atom is 0.203 e. The van der Waals surface area contributed by atoms with E-state index in [0.29, 0.717) is 29.4 Å². The molecule has 0 aliphatic heterocycles. The first-order valence-corrected chi connectivity index (χ1v) is 5.73. The van der Waals surface area contributed by atoms with Crippen LogP contribution in [0.1, 0.15) is 18.6 Å². The number of hydrogen-bond acceptors (Lipinski definition) is 5. The Morgan fingerprint density at radius 1 is 1.06 bits per heavy atom. The van der Waals surface area contributed by atoms with Crippen molar-refractivity contribution in [1.29, 1.82) is 0 Å². The molecule has 18 heavy (non-hydrogen) atoms. The van der Waals surface area contributed by atoms with E-state index in [-0.39, 0.29) is 6.61 Å². The van der Waals surface area contributed by atoms with Crippen molar-refractivity contribution in [3.8, 4) is 17.2 Å². The predicted molar refractivity (Wildman–Crippen MR) is 67.6 cm³/mol. The summed E-state index contributed by atoms with van der Waals surface area (Å²) in [7, 11) is 4.61. The summed E-state index contributed by atoms with van der Waals surface area (Å²) in [5.74, 6) is 1.54. The summed E-state index contributed by atoms with van der Waals surface area (Å²) in [5, 5.41) is 9.98. The fraction of sp³-hybridized carbons (Fsp3) is 0.538. The molecule has 1 atom stereocenters. The molecular weight excluding hydrogens is 236 g/mol. The summed E-state index contributed by atoms with van der Waals surface area (Å²) in [6.45, 7) is 2.67. The molecule has 1 aromatic rings. The molecular formula is C13H20O5. The van der Waals surface area contributed by atoms with Crippen LogP contribution in [0.2, 0.25) is 0 Å². The molecule has 0 aromatic heterocycles. The number of aliphatic hydroxyl groups is 1. The molecule has 0 heterocycles. The highest BCUT2D eigenvalue weighted by molar-refractivity contribution is 5.54. The molecule has 0 amide bonds. The summed E-state index contributed by atoms with van der Waals surface area (Å²) >= 11 is 0. The molecule has 1 aromatic carbocycles. The quantitative estimate of drug-likeness (QED) is 0.806. The number of benzene rings is 1. The third kappa shape index (κ3) is 3.27. The second kappa shape index (κ2) is 7.08. The van der Waals surface area contributed by atoms with Gasteiger partial charge in [-0.15, -0.1) is 0 Å². The van der Waals surface area contributed by atoms with E-state index in [9.17, 15) is 5.11 Å². The Morgan fingerprint density at radius 3 is 2.00 bits per heavy atom. The molecule has 0 fully saturated rings. The van der Waals surface area contributed by atoms with Crippen LogP contribution in [0.25, 0.3) is 0 Å². The van der Waals surface area contributed by atoms with E-state index >= 15 is 0 Å². The van der Waals surface area contributed by atoms with Crippen LogP contribution in [0.3, 0.4) is 0 Å². The predicted octanol–water partition coefficient (Wildman–Crippen LogP) is 1.78. The van der Waals surface area contributed by atoms with Gasteiger partial charge in [0.25, 0.3) is 0 Å². The Morgan fingerprint density at radius 2 is 1.61 bits per heavy atom. The van der Waals surface area contributed by atoms with Gasteiger partial charge in [0.05, 0.1) is 27.9 Å². The second-order valence-electron chi connectivity index (χ2n) is 3.63. The van der Waals surface area contributed by atoms with E-state index in [2.05, 4.69) is 0 Å². The average molecular weight is 256 g/mol. The van der Waals surface area contributed by atoms with E-state index in [4.69, 9.17) is 18.9 Å². The second-order valence-corrected chi connectivity index (χ2v) is 3.63. The zero-order valence-corrected chi connectivity index (χ0v) is 11.2. The molecule has 0 radical (unpaired) electrons. The number of methoxy groups -OCH3 is 3. The van der Waals surface area contributed by atoms with Crippen LogP contribution in [0.5, 0.6) is 17.2 Å². The van der Waals surface area contributed by atoms with Crippen LogP contribution in [0, 0.1) is 0 Å². The Hall–Kier alpha value is -1.46. The lowest BCUT2D eigenvalue weighted by molar-refractivity contribution is 0.0418. The molecule has 0 aliphatic carbocycles. The minimum atomic E-state index is -0.723. The van der Waals surface area contributed by atoms with Crippen molar-refractivity contribution in [2.75, 3.05) is 34.5 Å². The van der Waals surface area contributed by atoms with Crippen LogP contribution >= 0.6 is 0 Å². The van der Waals surface area contributed by atoms with Gasteiger partial charge in [-0.1, -0.05) is 0 Å². The summed E-state index contributed by atoms with van der Waals surface area (Å²) in [6.07, 6.45) is -0.723. The number of aliphatic hydroxyl groups excluding tert-OH is 1. The average Bonchev–Trinajstić information content (AvgIpc) is 2.42. The largest absolute Gasteiger partial charge is 0.493 e. The van der Waals surface area contributed by atoms with Gasteiger partial charge in [-0.3, -0.25) is 0 Å². The molecule has 5 nitrogen and oxygen atoms in total. The molecule has 1 N–H and O–H groups in total. The first-order chi connectivity index (χ1) is 8.67. The lowest BCUT2D eigenvalue weighted by Crippen LogP contribution is -2.08. The molecule has 0 saturated heterocycles. The fourth-order valence-corrected chi connectivity index (χ4v) is 1.62. The summed E-state index contributed by atoms with van der Waals surface area (Å²) in [4.78, 5) is 0. The Labute approximate surface area is 107 Å². The van der Waals surface area contributed by atoms with Crippen molar-refractivity contribution in [3.63, 3.8) is 0 Å². The topological polar surface area (TPSA) is 57.2 Å². The lowest BCUT2D eigenvalue weighted by atomic mass is 10.1. The SMILES string of the molecule is CCOCC(O)c1cc(OC)c(OC)c(OC)c1. The van der Waals surface area contributed by atoms with Gasteiger partial charge in [0.2, 0.25) is 5.75 Å². The molecule has 1 unspecified atom stereocenters. The van der Waals surface area contributed by atoms with Crippen molar-refractivity contribution < 1.29 is 24.1 Å². The Bertz CT molecular complexity index is 353. The molecule has 0 bridgehead atoms. The highest BCUT2D eigenvalue weighted by atomic mass is 16.5. The zero-order chi connectivity index (χ0) is 13.5. The molecule has 0 spiro atoms. The van der Waals surface area contributed by atoms with Crippen molar-refractivity contribution in [2.24, 2.45) is 0 Å². The maximum absolute atomic E-state index is 9.98. The Balaban J connectivity index is 3.06. The molecule has 5 heteroatoms. The van der Waals surface area contributed by atoms with E-state index < -0.39 is 6.10 Å². The van der Waals surface area contributed by atoms with Gasteiger partial charge in [-0.2, -0.15) is 0 Å². The van der Waals surface area contributed by atoms with Crippen molar-refractivity contribution >= 4 is 0 Å².